The summed E-state index contributed by atoms with van der Waals surface area (Å²) in [5.41, 5.74) is 0.199. The summed E-state index contributed by atoms with van der Waals surface area (Å²) in [5, 5.41) is 9.40. The van der Waals surface area contributed by atoms with Gasteiger partial charge in [-0.1, -0.05) is 0 Å². The van der Waals surface area contributed by atoms with Gasteiger partial charge in [-0.25, -0.2) is 13.4 Å². The van der Waals surface area contributed by atoms with Crippen LogP contribution in [0.15, 0.2) is 4.21 Å². The lowest BCUT2D eigenvalue weighted by molar-refractivity contribution is -0.187. The number of nitrogens with zero attached hydrogens (tertiary/aromatic N) is 2. The molecule has 2 rings (SSSR count). The molecular formula is C11H13F3N2O4S2. The summed E-state index contributed by atoms with van der Waals surface area (Å²) in [6.45, 7) is 1.44. The number of hydrogen-bond acceptors (Lipinski definition) is 5. The summed E-state index contributed by atoms with van der Waals surface area (Å²) in [4.78, 5) is 15.0. The second-order valence-electron chi connectivity index (χ2n) is 5.02. The van der Waals surface area contributed by atoms with Crippen molar-refractivity contribution >= 4 is 27.3 Å². The Bertz CT molecular complexity index is 699. The van der Waals surface area contributed by atoms with Crippen molar-refractivity contribution in [1.29, 1.82) is 0 Å². The van der Waals surface area contributed by atoms with Gasteiger partial charge >= 0.3 is 12.1 Å². The van der Waals surface area contributed by atoms with Crippen LogP contribution in [0.1, 0.15) is 10.7 Å². The van der Waals surface area contributed by atoms with Gasteiger partial charge in [-0.2, -0.15) is 17.5 Å². The quantitative estimate of drug-likeness (QED) is 0.888. The zero-order chi connectivity index (χ0) is 16.9. The van der Waals surface area contributed by atoms with E-state index in [1.807, 2.05) is 0 Å². The van der Waals surface area contributed by atoms with E-state index in [1.165, 1.54) is 6.92 Å². The van der Waals surface area contributed by atoms with E-state index in [0.717, 1.165) is 11.3 Å². The summed E-state index contributed by atoms with van der Waals surface area (Å²) >= 11 is 0.857. The van der Waals surface area contributed by atoms with E-state index in [-0.39, 0.29) is 9.90 Å². The second kappa shape index (κ2) is 5.46. The normalized spacial score (nSPS) is 23.9. The Hall–Kier alpha value is -1.20. The first kappa shape index (κ1) is 17.2. The summed E-state index contributed by atoms with van der Waals surface area (Å²) in [6.07, 6.45) is -4.77. The molecule has 1 aromatic heterocycles. The Morgan fingerprint density at radius 3 is 2.32 bits per heavy atom. The number of alkyl halides is 3. The van der Waals surface area contributed by atoms with Gasteiger partial charge in [0.1, 0.15) is 0 Å². The smallest absolute Gasteiger partial charge is 0.393 e. The number of sulfonamides is 1. The minimum atomic E-state index is -4.77. The molecule has 11 heteroatoms. The van der Waals surface area contributed by atoms with Crippen LogP contribution in [0.4, 0.5) is 13.2 Å². The van der Waals surface area contributed by atoms with Gasteiger partial charge in [0, 0.05) is 13.1 Å². The minimum absolute atomic E-state index is 0.142. The molecule has 0 bridgehead atoms. The molecule has 0 radical (unpaired) electrons. The molecule has 0 saturated carbocycles. The Balaban J connectivity index is 2.38. The number of carboxylic acid groups (broad SMARTS) is 1. The van der Waals surface area contributed by atoms with Crippen LogP contribution < -0.4 is 0 Å². The lowest BCUT2D eigenvalue weighted by atomic mass is 9.96. The van der Waals surface area contributed by atoms with Crippen LogP contribution in [-0.4, -0.2) is 48.0 Å². The number of halogens is 3. The predicted octanol–water partition coefficient (Wildman–Crippen LogP) is 1.64. The average molecular weight is 358 g/mol. The van der Waals surface area contributed by atoms with Gasteiger partial charge in [0.15, 0.2) is 4.21 Å². The van der Waals surface area contributed by atoms with Crippen molar-refractivity contribution in [1.82, 2.24) is 9.29 Å². The third-order valence-corrected chi connectivity index (χ3v) is 6.95. The molecule has 0 unspecified atom stereocenters. The predicted molar refractivity (Wildman–Crippen MR) is 71.0 cm³/mol. The standard InChI is InChI=1S/C11H13F3N2O4S2/c1-5-10(21-6(2)15-5)22(19,20)16-3-7(9(17)18)8(4-16)11(12,13)14/h7-8H,3-4H2,1-2H3,(H,17,18)/t7-,8-/m1/s1. The molecule has 0 spiro atoms. The van der Waals surface area contributed by atoms with Crippen LogP contribution >= 0.6 is 11.3 Å². The highest BCUT2D eigenvalue weighted by molar-refractivity contribution is 7.91. The van der Waals surface area contributed by atoms with Crippen LogP contribution in [0.3, 0.4) is 0 Å². The van der Waals surface area contributed by atoms with Crippen molar-refractivity contribution in [3.63, 3.8) is 0 Å². The molecule has 1 aromatic rings. The number of carbonyl (C=O) groups is 1. The molecule has 2 heterocycles. The van der Waals surface area contributed by atoms with Crippen molar-refractivity contribution in [2.45, 2.75) is 24.2 Å². The number of thiazole rings is 1. The summed E-state index contributed by atoms with van der Waals surface area (Å²) < 4.78 is 64.1. The Labute approximate surface area is 128 Å². The monoisotopic (exact) mass is 358 g/mol. The Morgan fingerprint density at radius 1 is 1.36 bits per heavy atom. The fourth-order valence-electron chi connectivity index (χ4n) is 2.42. The van der Waals surface area contributed by atoms with Crippen molar-refractivity contribution in [3.8, 4) is 0 Å². The highest BCUT2D eigenvalue weighted by Gasteiger charge is 2.55. The van der Waals surface area contributed by atoms with Gasteiger partial charge in [-0.05, 0) is 13.8 Å². The molecule has 0 aromatic carbocycles. The average Bonchev–Trinajstić information content (AvgIpc) is 2.92. The number of rotatable bonds is 3. The zero-order valence-electron chi connectivity index (χ0n) is 11.6. The maximum Gasteiger partial charge on any atom is 0.393 e. The number of aromatic nitrogens is 1. The molecule has 1 saturated heterocycles. The van der Waals surface area contributed by atoms with Crippen LogP contribution in [0.25, 0.3) is 0 Å². The van der Waals surface area contributed by atoms with Crippen molar-refractivity contribution in [2.75, 3.05) is 13.1 Å². The van der Waals surface area contributed by atoms with Gasteiger partial charge in [0.25, 0.3) is 10.0 Å². The van der Waals surface area contributed by atoms with E-state index in [9.17, 15) is 26.4 Å². The summed E-state index contributed by atoms with van der Waals surface area (Å²) in [6, 6.07) is 0. The molecule has 0 amide bonds. The molecular weight excluding hydrogens is 345 g/mol. The number of hydrogen-bond donors (Lipinski definition) is 1. The molecule has 22 heavy (non-hydrogen) atoms. The molecule has 1 aliphatic heterocycles. The molecule has 124 valence electrons. The molecule has 6 nitrogen and oxygen atoms in total. The first-order chi connectivity index (χ1) is 9.94. The minimum Gasteiger partial charge on any atom is -0.481 e. The lowest BCUT2D eigenvalue weighted by Crippen LogP contribution is -2.34. The van der Waals surface area contributed by atoms with E-state index in [1.54, 1.807) is 6.92 Å². The lowest BCUT2D eigenvalue weighted by Gasteiger charge is -2.18. The van der Waals surface area contributed by atoms with E-state index in [2.05, 4.69) is 4.98 Å². The first-order valence-electron chi connectivity index (χ1n) is 6.18. The summed E-state index contributed by atoms with van der Waals surface area (Å²) in [5.74, 6) is -5.67. The highest BCUT2D eigenvalue weighted by Crippen LogP contribution is 2.40. The third-order valence-electron chi connectivity index (χ3n) is 3.46. The third kappa shape index (κ3) is 2.97. The topological polar surface area (TPSA) is 87.6 Å². The molecule has 1 fully saturated rings. The Kier molecular flexibility index (Phi) is 4.26. The van der Waals surface area contributed by atoms with E-state index >= 15 is 0 Å². The van der Waals surface area contributed by atoms with Crippen molar-refractivity contribution in [3.05, 3.63) is 10.7 Å². The highest BCUT2D eigenvalue weighted by atomic mass is 32.2. The fraction of sp³-hybridized carbons (Fsp3) is 0.636. The zero-order valence-corrected chi connectivity index (χ0v) is 13.2. The van der Waals surface area contributed by atoms with Crippen LogP contribution in [0.2, 0.25) is 0 Å². The fourth-order valence-corrected chi connectivity index (χ4v) is 5.53. The largest absolute Gasteiger partial charge is 0.481 e. The van der Waals surface area contributed by atoms with Gasteiger partial charge in [-0.3, -0.25) is 4.79 Å². The molecule has 1 aliphatic rings. The summed E-state index contributed by atoms with van der Waals surface area (Å²) in [7, 11) is -4.18. The van der Waals surface area contributed by atoms with Gasteiger partial charge in [0.2, 0.25) is 0 Å². The van der Waals surface area contributed by atoms with E-state index in [4.69, 9.17) is 5.11 Å². The van der Waals surface area contributed by atoms with Crippen molar-refractivity contribution in [2.24, 2.45) is 11.8 Å². The van der Waals surface area contributed by atoms with Crippen LogP contribution in [0.5, 0.6) is 0 Å². The second-order valence-corrected chi connectivity index (χ2v) is 8.36. The molecule has 0 aliphatic carbocycles. The Morgan fingerprint density at radius 2 is 1.95 bits per heavy atom. The SMILES string of the molecule is Cc1nc(C)c(S(=O)(=O)N2C[C@@H](C(F)(F)F)[C@H](C(=O)O)C2)s1. The van der Waals surface area contributed by atoms with Crippen molar-refractivity contribution < 1.29 is 31.5 Å². The van der Waals surface area contributed by atoms with Gasteiger partial charge in [0.05, 0.1) is 22.5 Å². The van der Waals surface area contributed by atoms with E-state index in [0.29, 0.717) is 9.31 Å². The van der Waals surface area contributed by atoms with Gasteiger partial charge in [-0.15, -0.1) is 11.3 Å². The van der Waals surface area contributed by atoms with Crippen LogP contribution in [0, 0.1) is 25.7 Å². The first-order valence-corrected chi connectivity index (χ1v) is 8.44. The van der Waals surface area contributed by atoms with Gasteiger partial charge < -0.3 is 5.11 Å². The molecule has 1 N–H and O–H groups in total. The van der Waals surface area contributed by atoms with E-state index < -0.39 is 47.1 Å². The maximum atomic E-state index is 12.9. The maximum absolute atomic E-state index is 12.9. The number of carboxylic acids is 1. The molecule has 2 atom stereocenters. The number of aryl methyl sites for hydroxylation is 2. The van der Waals surface area contributed by atoms with Crippen LogP contribution in [-0.2, 0) is 14.8 Å². The number of aliphatic carboxylic acids is 1.